The number of nitrogens with two attached hydrogens (primary N) is 1. The molecule has 3 atom stereocenters. The Labute approximate surface area is 350 Å². The van der Waals surface area contributed by atoms with E-state index in [1.54, 1.807) is 0 Å². The zero-order valence-corrected chi connectivity index (χ0v) is 36.5. The highest BCUT2D eigenvalue weighted by atomic mass is 31.2. The monoisotopic (exact) mass is 834 g/mol. The van der Waals surface area contributed by atoms with Crippen molar-refractivity contribution in [2.24, 2.45) is 5.73 Å². The van der Waals surface area contributed by atoms with Crippen LogP contribution in [0.2, 0.25) is 0 Å². The lowest BCUT2D eigenvalue weighted by molar-refractivity contribution is -0.161. The molecule has 0 amide bonds. The van der Waals surface area contributed by atoms with Crippen LogP contribution in [-0.2, 0) is 37.5 Å². The Morgan fingerprint density at radius 1 is 0.534 bits per heavy atom. The number of ether oxygens (including phenoxy) is 2. The van der Waals surface area contributed by atoms with Gasteiger partial charge in [-0.2, -0.15) is 0 Å². The van der Waals surface area contributed by atoms with Gasteiger partial charge < -0.3 is 25.2 Å². The highest BCUT2D eigenvalue weighted by molar-refractivity contribution is 7.47. The summed E-state index contributed by atoms with van der Waals surface area (Å²) in [6.45, 7) is 2.65. The SMILES string of the molecule is CCCCC/C=C/C/C=C/C/C=C/C/C=C/CCCC(=O)OC[C@H](COP(=O)(O)OC[C@H](N)C(=O)O)OC(=O)CCCCCC/C=C/C/C=C/C/C=C/CCCCC. The van der Waals surface area contributed by atoms with Crippen molar-refractivity contribution in [3.05, 3.63) is 85.1 Å². The summed E-state index contributed by atoms with van der Waals surface area (Å²) in [7, 11) is -4.74. The number of carbonyl (C=O) groups is 3. The smallest absolute Gasteiger partial charge is 0.472 e. The second-order valence-electron chi connectivity index (χ2n) is 14.1. The van der Waals surface area contributed by atoms with Crippen molar-refractivity contribution in [2.75, 3.05) is 19.8 Å². The first-order valence-corrected chi connectivity index (χ1v) is 23.1. The number of esters is 2. The predicted octanol–water partition coefficient (Wildman–Crippen LogP) is 11.5. The van der Waals surface area contributed by atoms with Crippen LogP contribution in [0.4, 0.5) is 0 Å². The van der Waals surface area contributed by atoms with Crippen molar-refractivity contribution in [3.8, 4) is 0 Å². The average molecular weight is 834 g/mol. The number of allylic oxidation sites excluding steroid dienone is 14. The molecule has 0 aliphatic rings. The van der Waals surface area contributed by atoms with E-state index in [1.165, 1.54) is 38.5 Å². The van der Waals surface area contributed by atoms with E-state index in [0.29, 0.717) is 19.3 Å². The minimum Gasteiger partial charge on any atom is -0.480 e. The third kappa shape index (κ3) is 39.5. The van der Waals surface area contributed by atoms with E-state index >= 15 is 0 Å². The minimum atomic E-state index is -4.74. The van der Waals surface area contributed by atoms with E-state index in [2.05, 4.69) is 91.3 Å². The Balaban J connectivity index is 4.53. The molecule has 0 bridgehead atoms. The standard InChI is InChI=1S/C46H76NO10P/c1-3-5-7-9-11-13-15-17-19-21-23-25-27-29-31-33-35-37-44(48)54-39-42(40-55-58(52,53)56-41-43(47)46(50)51)57-45(49)38-36-34-32-30-28-26-24-22-20-18-16-14-12-10-8-6-4-2/h11-14,17-20,23-26,29,31,42-43H,3-10,15-16,21-22,27-28,30,32-41,47H2,1-2H3,(H,50,51)(H,52,53)/b13-11+,14-12+,19-17+,20-18+,25-23+,26-24+,31-29+/t42-,43+/m1/s1. The van der Waals surface area contributed by atoms with Crippen LogP contribution in [0.15, 0.2) is 85.1 Å². The van der Waals surface area contributed by atoms with Gasteiger partial charge in [0.1, 0.15) is 12.6 Å². The van der Waals surface area contributed by atoms with Gasteiger partial charge >= 0.3 is 25.7 Å². The number of phosphoric acid groups is 1. The average Bonchev–Trinajstić information content (AvgIpc) is 3.20. The van der Waals surface area contributed by atoms with Gasteiger partial charge in [-0.15, -0.1) is 0 Å². The molecule has 0 radical (unpaired) electrons. The Kier molecular flexibility index (Phi) is 38.1. The molecule has 0 saturated heterocycles. The third-order valence-corrected chi connectivity index (χ3v) is 9.57. The largest absolute Gasteiger partial charge is 0.480 e. The van der Waals surface area contributed by atoms with Crippen molar-refractivity contribution >= 4 is 25.7 Å². The summed E-state index contributed by atoms with van der Waals surface area (Å²) in [5.41, 5.74) is 5.33. The first kappa shape index (κ1) is 54.7. The number of hydrogen-bond donors (Lipinski definition) is 3. The molecule has 12 heteroatoms. The second-order valence-corrected chi connectivity index (χ2v) is 15.6. The first-order chi connectivity index (χ1) is 28.1. The molecular weight excluding hydrogens is 757 g/mol. The fourth-order valence-corrected chi connectivity index (χ4v) is 5.96. The van der Waals surface area contributed by atoms with Crippen LogP contribution >= 0.6 is 7.82 Å². The van der Waals surface area contributed by atoms with Crippen LogP contribution in [0.1, 0.15) is 155 Å². The van der Waals surface area contributed by atoms with Crippen molar-refractivity contribution in [2.45, 2.75) is 167 Å². The van der Waals surface area contributed by atoms with Crippen LogP contribution < -0.4 is 5.73 Å². The fourth-order valence-electron chi connectivity index (χ4n) is 5.18. The van der Waals surface area contributed by atoms with Crippen molar-refractivity contribution in [1.82, 2.24) is 0 Å². The fraction of sp³-hybridized carbons (Fsp3) is 0.630. The number of carboxylic acid groups (broad SMARTS) is 1. The van der Waals surface area contributed by atoms with E-state index in [-0.39, 0.29) is 19.4 Å². The lowest BCUT2D eigenvalue weighted by Crippen LogP contribution is -2.34. The molecule has 0 aliphatic heterocycles. The Morgan fingerprint density at radius 3 is 1.40 bits per heavy atom. The molecule has 0 aliphatic carbocycles. The molecule has 0 aromatic carbocycles. The lowest BCUT2D eigenvalue weighted by atomic mass is 10.1. The van der Waals surface area contributed by atoms with Gasteiger partial charge in [-0.25, -0.2) is 4.57 Å². The summed E-state index contributed by atoms with van der Waals surface area (Å²) in [6, 6.07) is -1.54. The Morgan fingerprint density at radius 2 is 0.931 bits per heavy atom. The maximum atomic E-state index is 12.6. The normalized spacial score (nSPS) is 14.6. The predicted molar refractivity (Wildman–Crippen MR) is 235 cm³/mol. The van der Waals surface area contributed by atoms with Gasteiger partial charge in [-0.05, 0) is 89.9 Å². The topological polar surface area (TPSA) is 172 Å². The van der Waals surface area contributed by atoms with Crippen LogP contribution in [-0.4, -0.2) is 59.9 Å². The minimum absolute atomic E-state index is 0.119. The van der Waals surface area contributed by atoms with Crippen LogP contribution in [0, 0.1) is 0 Å². The number of rotatable bonds is 39. The molecule has 4 N–H and O–H groups in total. The number of hydrogen-bond acceptors (Lipinski definition) is 9. The zero-order valence-electron chi connectivity index (χ0n) is 35.6. The molecule has 0 heterocycles. The summed E-state index contributed by atoms with van der Waals surface area (Å²) in [5, 5.41) is 8.89. The van der Waals surface area contributed by atoms with E-state index in [1.807, 2.05) is 12.2 Å². The van der Waals surface area contributed by atoms with Gasteiger partial charge in [-0.1, -0.05) is 137 Å². The van der Waals surface area contributed by atoms with Crippen molar-refractivity contribution < 1.29 is 47.5 Å². The molecule has 0 fully saturated rings. The molecule has 0 saturated carbocycles. The molecule has 0 aromatic rings. The van der Waals surface area contributed by atoms with Crippen molar-refractivity contribution in [3.63, 3.8) is 0 Å². The van der Waals surface area contributed by atoms with Crippen LogP contribution in [0.5, 0.6) is 0 Å². The maximum absolute atomic E-state index is 12.6. The molecule has 11 nitrogen and oxygen atoms in total. The summed E-state index contributed by atoms with van der Waals surface area (Å²) in [5.74, 6) is -2.49. The van der Waals surface area contributed by atoms with E-state index in [4.69, 9.17) is 24.8 Å². The van der Waals surface area contributed by atoms with Crippen LogP contribution in [0.25, 0.3) is 0 Å². The molecule has 330 valence electrons. The quantitative estimate of drug-likeness (QED) is 0.0233. The van der Waals surface area contributed by atoms with E-state index in [9.17, 15) is 23.8 Å². The van der Waals surface area contributed by atoms with Gasteiger partial charge in [0.15, 0.2) is 6.10 Å². The Bertz CT molecular complexity index is 1300. The lowest BCUT2D eigenvalue weighted by Gasteiger charge is -2.20. The van der Waals surface area contributed by atoms with E-state index < -0.39 is 51.1 Å². The number of carbonyl (C=O) groups excluding carboxylic acids is 2. The van der Waals surface area contributed by atoms with Gasteiger partial charge in [0, 0.05) is 12.8 Å². The van der Waals surface area contributed by atoms with Crippen LogP contribution in [0.3, 0.4) is 0 Å². The molecule has 1 unspecified atom stereocenters. The highest BCUT2D eigenvalue weighted by Gasteiger charge is 2.28. The molecule has 0 rings (SSSR count). The summed E-state index contributed by atoms with van der Waals surface area (Å²) >= 11 is 0. The molecule has 58 heavy (non-hydrogen) atoms. The van der Waals surface area contributed by atoms with Gasteiger partial charge in [0.05, 0.1) is 13.2 Å². The maximum Gasteiger partial charge on any atom is 0.472 e. The number of phosphoric ester groups is 1. The van der Waals surface area contributed by atoms with Gasteiger partial charge in [0.2, 0.25) is 0 Å². The van der Waals surface area contributed by atoms with E-state index in [0.717, 1.165) is 70.6 Å². The molecule has 0 spiro atoms. The van der Waals surface area contributed by atoms with Gasteiger partial charge in [-0.3, -0.25) is 23.4 Å². The number of carboxylic acids is 1. The van der Waals surface area contributed by atoms with Gasteiger partial charge in [0.25, 0.3) is 0 Å². The Hall–Kier alpha value is -3.34. The zero-order chi connectivity index (χ0) is 42.8. The summed E-state index contributed by atoms with van der Waals surface area (Å²) in [4.78, 5) is 45.9. The highest BCUT2D eigenvalue weighted by Crippen LogP contribution is 2.43. The first-order valence-electron chi connectivity index (χ1n) is 21.6. The number of unbranched alkanes of at least 4 members (excludes halogenated alkanes) is 11. The molecule has 0 aromatic heterocycles. The third-order valence-electron chi connectivity index (χ3n) is 8.62. The molecular formula is C46H76NO10P. The second kappa shape index (κ2) is 40.4. The summed E-state index contributed by atoms with van der Waals surface area (Å²) < 4.78 is 32.6. The van der Waals surface area contributed by atoms with Crippen molar-refractivity contribution in [1.29, 1.82) is 0 Å². The summed E-state index contributed by atoms with van der Waals surface area (Å²) in [6.07, 6.45) is 49.4. The number of aliphatic carboxylic acids is 1.